The number of anilines is 2. The van der Waals surface area contributed by atoms with E-state index in [0.717, 1.165) is 56.2 Å². The summed E-state index contributed by atoms with van der Waals surface area (Å²) in [5.41, 5.74) is 4.55. The molecule has 0 spiro atoms. The molecule has 0 saturated carbocycles. The predicted octanol–water partition coefficient (Wildman–Crippen LogP) is 2.40. The fraction of sp³-hybridized carbons (Fsp3) is 0.450. The van der Waals surface area contributed by atoms with Crippen LogP contribution in [0.2, 0.25) is 0 Å². The summed E-state index contributed by atoms with van der Waals surface area (Å²) in [7, 11) is 0. The minimum atomic E-state index is -0.204. The molecular weight excluding hydrogens is 342 g/mol. The molecule has 1 amide bonds. The molecule has 7 heteroatoms. The van der Waals surface area contributed by atoms with Crippen LogP contribution in [0, 0.1) is 20.8 Å². The quantitative estimate of drug-likeness (QED) is 0.814. The summed E-state index contributed by atoms with van der Waals surface area (Å²) in [6, 6.07) is 4.11. The third-order valence-electron chi connectivity index (χ3n) is 4.64. The number of nitrogens with zero attached hydrogens (tertiary/aromatic N) is 3. The molecule has 1 aromatic carbocycles. The van der Waals surface area contributed by atoms with E-state index < -0.39 is 0 Å². The maximum Gasteiger partial charge on any atom is 0.258 e. The van der Waals surface area contributed by atoms with Gasteiger partial charge in [-0.15, -0.1) is 0 Å². The molecule has 0 aliphatic carbocycles. The lowest BCUT2D eigenvalue weighted by atomic mass is 10.0. The van der Waals surface area contributed by atoms with Crippen LogP contribution in [0.15, 0.2) is 24.5 Å². The van der Waals surface area contributed by atoms with Gasteiger partial charge in [0, 0.05) is 44.3 Å². The number of hydrogen-bond donors (Lipinski definition) is 2. The number of nitrogens with one attached hydrogen (secondary N) is 2. The SMILES string of the molecule is Cc1cc(C)c(NC(=O)c2cnc(NCCN3CCOCC3)nc2)c(C)c1. The number of amides is 1. The zero-order valence-electron chi connectivity index (χ0n) is 16.2. The van der Waals surface area contributed by atoms with Crippen molar-refractivity contribution < 1.29 is 9.53 Å². The Morgan fingerprint density at radius 3 is 2.37 bits per heavy atom. The average molecular weight is 369 g/mol. The number of morpholine rings is 1. The van der Waals surface area contributed by atoms with Crippen LogP contribution in [0.3, 0.4) is 0 Å². The van der Waals surface area contributed by atoms with Gasteiger partial charge in [-0.2, -0.15) is 0 Å². The highest BCUT2D eigenvalue weighted by molar-refractivity contribution is 6.04. The standard InChI is InChI=1S/C20H27N5O2/c1-14-10-15(2)18(16(3)11-14)24-19(26)17-12-22-20(23-13-17)21-4-5-25-6-8-27-9-7-25/h10-13H,4-9H2,1-3H3,(H,24,26)(H,21,22,23). The lowest BCUT2D eigenvalue weighted by Gasteiger charge is -2.26. The first-order valence-corrected chi connectivity index (χ1v) is 9.28. The van der Waals surface area contributed by atoms with Gasteiger partial charge in [0.1, 0.15) is 0 Å². The van der Waals surface area contributed by atoms with Gasteiger partial charge < -0.3 is 15.4 Å². The molecule has 1 aromatic heterocycles. The summed E-state index contributed by atoms with van der Waals surface area (Å²) in [6.07, 6.45) is 3.11. The van der Waals surface area contributed by atoms with Crippen molar-refractivity contribution in [2.75, 3.05) is 50.0 Å². The molecule has 0 radical (unpaired) electrons. The zero-order valence-corrected chi connectivity index (χ0v) is 16.2. The van der Waals surface area contributed by atoms with Crippen molar-refractivity contribution in [1.29, 1.82) is 0 Å². The van der Waals surface area contributed by atoms with Gasteiger partial charge >= 0.3 is 0 Å². The van der Waals surface area contributed by atoms with Crippen LogP contribution < -0.4 is 10.6 Å². The Kier molecular flexibility index (Phi) is 6.36. The molecule has 0 atom stereocenters. The maximum atomic E-state index is 12.5. The molecule has 1 aliphatic heterocycles. The van der Waals surface area contributed by atoms with E-state index in [-0.39, 0.29) is 5.91 Å². The van der Waals surface area contributed by atoms with Crippen molar-refractivity contribution in [2.24, 2.45) is 0 Å². The van der Waals surface area contributed by atoms with Gasteiger partial charge in [0.05, 0.1) is 18.8 Å². The summed E-state index contributed by atoms with van der Waals surface area (Å²) in [5.74, 6) is 0.326. The van der Waals surface area contributed by atoms with Gasteiger partial charge in [0.2, 0.25) is 5.95 Å². The summed E-state index contributed by atoms with van der Waals surface area (Å²) in [6.45, 7) is 11.2. The van der Waals surface area contributed by atoms with Gasteiger partial charge in [0.15, 0.2) is 0 Å². The van der Waals surface area contributed by atoms with E-state index >= 15 is 0 Å². The zero-order chi connectivity index (χ0) is 19.2. The molecule has 2 aromatic rings. The second-order valence-corrected chi connectivity index (χ2v) is 6.90. The molecule has 27 heavy (non-hydrogen) atoms. The Morgan fingerprint density at radius 1 is 1.11 bits per heavy atom. The second kappa shape index (κ2) is 8.92. The van der Waals surface area contributed by atoms with E-state index in [2.05, 4.69) is 37.6 Å². The number of carbonyl (C=O) groups excluding carboxylic acids is 1. The summed E-state index contributed by atoms with van der Waals surface area (Å²) in [4.78, 5) is 23.4. The lowest BCUT2D eigenvalue weighted by molar-refractivity contribution is 0.0398. The highest BCUT2D eigenvalue weighted by Gasteiger charge is 2.12. The fourth-order valence-electron chi connectivity index (χ4n) is 3.25. The van der Waals surface area contributed by atoms with Crippen LogP contribution in [0.4, 0.5) is 11.6 Å². The van der Waals surface area contributed by atoms with Crippen molar-refractivity contribution >= 4 is 17.5 Å². The molecular formula is C20H27N5O2. The number of hydrogen-bond acceptors (Lipinski definition) is 6. The fourth-order valence-corrected chi connectivity index (χ4v) is 3.25. The van der Waals surface area contributed by atoms with Crippen LogP contribution in [-0.4, -0.2) is 60.2 Å². The van der Waals surface area contributed by atoms with Gasteiger partial charge in [0.25, 0.3) is 5.91 Å². The van der Waals surface area contributed by atoms with Crippen molar-refractivity contribution in [1.82, 2.24) is 14.9 Å². The molecule has 1 aliphatic rings. The minimum Gasteiger partial charge on any atom is -0.379 e. The highest BCUT2D eigenvalue weighted by atomic mass is 16.5. The van der Waals surface area contributed by atoms with E-state index in [1.807, 2.05) is 20.8 Å². The van der Waals surface area contributed by atoms with Crippen LogP contribution >= 0.6 is 0 Å². The molecule has 144 valence electrons. The third-order valence-corrected chi connectivity index (χ3v) is 4.64. The van der Waals surface area contributed by atoms with Crippen molar-refractivity contribution in [3.63, 3.8) is 0 Å². The normalized spacial score (nSPS) is 14.8. The third kappa shape index (κ3) is 5.24. The van der Waals surface area contributed by atoms with Gasteiger partial charge in [-0.05, 0) is 31.9 Å². The van der Waals surface area contributed by atoms with Gasteiger partial charge in [-0.25, -0.2) is 9.97 Å². The first-order chi connectivity index (χ1) is 13.0. The Labute approximate surface area is 160 Å². The van der Waals surface area contributed by atoms with E-state index in [1.165, 1.54) is 5.56 Å². The predicted molar refractivity (Wildman–Crippen MR) is 106 cm³/mol. The van der Waals surface area contributed by atoms with Crippen LogP contribution in [-0.2, 0) is 4.74 Å². The molecule has 0 bridgehead atoms. The van der Waals surface area contributed by atoms with E-state index in [1.54, 1.807) is 12.4 Å². The number of carbonyl (C=O) groups is 1. The summed E-state index contributed by atoms with van der Waals surface area (Å²) in [5, 5.41) is 6.17. The first-order valence-electron chi connectivity index (χ1n) is 9.28. The maximum absolute atomic E-state index is 12.5. The first kappa shape index (κ1) is 19.3. The highest BCUT2D eigenvalue weighted by Crippen LogP contribution is 2.22. The molecule has 1 fully saturated rings. The summed E-state index contributed by atoms with van der Waals surface area (Å²) < 4.78 is 5.34. The van der Waals surface area contributed by atoms with Crippen LogP contribution in [0.5, 0.6) is 0 Å². The number of rotatable bonds is 6. The minimum absolute atomic E-state index is 0.204. The van der Waals surface area contributed by atoms with E-state index in [0.29, 0.717) is 11.5 Å². The Morgan fingerprint density at radius 2 is 1.74 bits per heavy atom. The Hall–Kier alpha value is -2.51. The molecule has 7 nitrogen and oxygen atoms in total. The molecule has 3 rings (SSSR count). The second-order valence-electron chi connectivity index (χ2n) is 6.90. The number of aryl methyl sites for hydroxylation is 3. The molecule has 2 N–H and O–H groups in total. The average Bonchev–Trinajstić information content (AvgIpc) is 2.66. The molecule has 0 unspecified atom stereocenters. The van der Waals surface area contributed by atoms with Gasteiger partial charge in [-0.3, -0.25) is 9.69 Å². The van der Waals surface area contributed by atoms with Gasteiger partial charge in [-0.1, -0.05) is 17.7 Å². The number of ether oxygens (including phenoxy) is 1. The van der Waals surface area contributed by atoms with Crippen molar-refractivity contribution in [3.05, 3.63) is 46.8 Å². The largest absolute Gasteiger partial charge is 0.379 e. The topological polar surface area (TPSA) is 79.4 Å². The Balaban J connectivity index is 1.54. The smallest absolute Gasteiger partial charge is 0.258 e. The van der Waals surface area contributed by atoms with Crippen molar-refractivity contribution in [3.8, 4) is 0 Å². The molecule has 2 heterocycles. The monoisotopic (exact) mass is 369 g/mol. The van der Waals surface area contributed by atoms with E-state index in [9.17, 15) is 4.79 Å². The summed E-state index contributed by atoms with van der Waals surface area (Å²) >= 11 is 0. The Bertz CT molecular complexity index is 762. The van der Waals surface area contributed by atoms with E-state index in [4.69, 9.17) is 4.74 Å². The number of aromatic nitrogens is 2. The van der Waals surface area contributed by atoms with Crippen molar-refractivity contribution in [2.45, 2.75) is 20.8 Å². The van der Waals surface area contributed by atoms with Crippen LogP contribution in [0.25, 0.3) is 0 Å². The molecule has 1 saturated heterocycles. The lowest BCUT2D eigenvalue weighted by Crippen LogP contribution is -2.39. The van der Waals surface area contributed by atoms with Crippen LogP contribution in [0.1, 0.15) is 27.0 Å². The number of benzene rings is 1.